The van der Waals surface area contributed by atoms with Crippen LogP contribution in [-0.2, 0) is 14.3 Å². The zero-order valence-corrected chi connectivity index (χ0v) is 9.58. The maximum absolute atomic E-state index is 11.5. The van der Waals surface area contributed by atoms with Crippen molar-refractivity contribution in [2.75, 3.05) is 19.8 Å². The molecule has 0 aliphatic rings. The van der Waals surface area contributed by atoms with Crippen LogP contribution in [0.2, 0.25) is 0 Å². The number of rotatable bonds is 7. The van der Waals surface area contributed by atoms with Gasteiger partial charge in [-0.15, -0.1) is 0 Å². The molecule has 0 aliphatic heterocycles. The van der Waals surface area contributed by atoms with E-state index in [-0.39, 0.29) is 25.7 Å². The third kappa shape index (κ3) is 4.75. The van der Waals surface area contributed by atoms with Crippen molar-refractivity contribution in [1.82, 2.24) is 5.32 Å². The Bertz CT molecular complexity index is 298. The van der Waals surface area contributed by atoms with Crippen molar-refractivity contribution in [2.24, 2.45) is 11.1 Å². The van der Waals surface area contributed by atoms with Gasteiger partial charge < -0.3 is 15.8 Å². The highest BCUT2D eigenvalue weighted by Gasteiger charge is 2.30. The fraction of sp³-hybridized carbons (Fsp3) is 0.700. The highest BCUT2D eigenvalue weighted by atomic mass is 16.5. The normalized spacial score (nSPS) is 13.6. The highest BCUT2D eigenvalue weighted by molar-refractivity contribution is 5.84. The van der Waals surface area contributed by atoms with Gasteiger partial charge in [-0.3, -0.25) is 9.59 Å². The summed E-state index contributed by atoms with van der Waals surface area (Å²) in [5.74, 6) is -0.887. The van der Waals surface area contributed by atoms with Crippen LogP contribution in [0, 0.1) is 16.7 Å². The fourth-order valence-corrected chi connectivity index (χ4v) is 0.895. The smallest absolute Gasteiger partial charge is 0.243 e. The minimum absolute atomic E-state index is 0.167. The highest BCUT2D eigenvalue weighted by Crippen LogP contribution is 2.19. The molecule has 0 saturated heterocycles. The molecule has 6 nitrogen and oxygen atoms in total. The average Bonchev–Trinajstić information content (AvgIpc) is 2.26. The molecule has 0 aromatic carbocycles. The van der Waals surface area contributed by atoms with E-state index in [1.807, 2.05) is 6.07 Å². The van der Waals surface area contributed by atoms with E-state index in [1.54, 1.807) is 13.8 Å². The molecule has 0 rings (SSSR count). The van der Waals surface area contributed by atoms with Crippen molar-refractivity contribution in [1.29, 1.82) is 5.26 Å². The first-order valence-electron chi connectivity index (χ1n) is 5.02. The molecule has 16 heavy (non-hydrogen) atoms. The molecule has 6 heteroatoms. The van der Waals surface area contributed by atoms with Crippen LogP contribution in [0.3, 0.4) is 0 Å². The monoisotopic (exact) mass is 227 g/mol. The minimum atomic E-state index is -1.01. The molecular weight excluding hydrogens is 210 g/mol. The number of nitrogens with one attached hydrogen (secondary N) is 1. The number of nitrogens with two attached hydrogens (primary N) is 1. The number of amides is 2. The maximum Gasteiger partial charge on any atom is 0.243 e. The van der Waals surface area contributed by atoms with E-state index in [2.05, 4.69) is 5.32 Å². The summed E-state index contributed by atoms with van der Waals surface area (Å²) in [5.41, 5.74) is 3.84. The van der Waals surface area contributed by atoms with Crippen molar-refractivity contribution in [2.45, 2.75) is 20.3 Å². The lowest BCUT2D eigenvalue weighted by Crippen LogP contribution is -2.39. The largest absolute Gasteiger partial charge is 0.370 e. The molecule has 0 spiro atoms. The van der Waals surface area contributed by atoms with Crippen molar-refractivity contribution in [3.8, 4) is 6.07 Å². The van der Waals surface area contributed by atoms with Crippen LogP contribution in [0.15, 0.2) is 0 Å². The molecule has 3 N–H and O–H groups in total. The third-order valence-electron chi connectivity index (χ3n) is 2.23. The molecule has 90 valence electrons. The second-order valence-electron chi connectivity index (χ2n) is 3.57. The van der Waals surface area contributed by atoms with Gasteiger partial charge in [0.15, 0.2) is 0 Å². The first-order chi connectivity index (χ1) is 7.46. The summed E-state index contributed by atoms with van der Waals surface area (Å²) >= 11 is 0. The standard InChI is InChI=1S/C10H17N3O3/c1-3-10(2,7-11)9(15)13-4-5-16-6-8(12)14/h3-6H2,1-2H3,(H2,12,14)(H,13,15). The van der Waals surface area contributed by atoms with Crippen molar-refractivity contribution < 1.29 is 14.3 Å². The summed E-state index contributed by atoms with van der Waals surface area (Å²) < 4.78 is 4.85. The Labute approximate surface area is 94.7 Å². The molecule has 0 radical (unpaired) electrons. The van der Waals surface area contributed by atoms with Crippen LogP contribution in [0.4, 0.5) is 0 Å². The maximum atomic E-state index is 11.5. The minimum Gasteiger partial charge on any atom is -0.370 e. The lowest BCUT2D eigenvalue weighted by Gasteiger charge is -2.18. The van der Waals surface area contributed by atoms with Crippen molar-refractivity contribution in [3.63, 3.8) is 0 Å². The third-order valence-corrected chi connectivity index (χ3v) is 2.23. The summed E-state index contributed by atoms with van der Waals surface area (Å²) in [6, 6.07) is 1.96. The Morgan fingerprint density at radius 1 is 1.56 bits per heavy atom. The lowest BCUT2D eigenvalue weighted by atomic mass is 9.88. The predicted octanol–water partition coefficient (Wildman–Crippen LogP) is -0.456. The van der Waals surface area contributed by atoms with Gasteiger partial charge in [0.2, 0.25) is 11.8 Å². The summed E-state index contributed by atoms with van der Waals surface area (Å²) in [4.78, 5) is 21.9. The summed E-state index contributed by atoms with van der Waals surface area (Å²) in [5, 5.41) is 11.4. The number of primary amides is 1. The van der Waals surface area contributed by atoms with Crippen LogP contribution in [-0.4, -0.2) is 31.6 Å². The zero-order valence-electron chi connectivity index (χ0n) is 9.58. The molecule has 0 saturated carbocycles. The van der Waals surface area contributed by atoms with E-state index in [1.165, 1.54) is 0 Å². The first kappa shape index (κ1) is 14.4. The van der Waals surface area contributed by atoms with E-state index in [0.29, 0.717) is 6.42 Å². The Morgan fingerprint density at radius 3 is 2.62 bits per heavy atom. The first-order valence-corrected chi connectivity index (χ1v) is 5.02. The molecule has 0 fully saturated rings. The molecule has 0 heterocycles. The van der Waals surface area contributed by atoms with Crippen LogP contribution in [0.25, 0.3) is 0 Å². The van der Waals surface area contributed by atoms with Gasteiger partial charge in [-0.2, -0.15) is 5.26 Å². The Hall–Kier alpha value is -1.61. The van der Waals surface area contributed by atoms with Gasteiger partial charge in [0.05, 0.1) is 12.7 Å². The van der Waals surface area contributed by atoms with E-state index in [4.69, 9.17) is 15.7 Å². The SMILES string of the molecule is CCC(C)(C#N)C(=O)NCCOCC(N)=O. The molecule has 1 unspecified atom stereocenters. The van der Waals surface area contributed by atoms with E-state index >= 15 is 0 Å². The summed E-state index contributed by atoms with van der Waals surface area (Å²) in [6.45, 7) is 3.63. The number of ether oxygens (including phenoxy) is 1. The zero-order chi connectivity index (χ0) is 12.6. The molecule has 0 aromatic heterocycles. The van der Waals surface area contributed by atoms with Gasteiger partial charge in [-0.05, 0) is 13.3 Å². The van der Waals surface area contributed by atoms with Gasteiger partial charge in [-0.25, -0.2) is 0 Å². The topological polar surface area (TPSA) is 105 Å². The number of nitriles is 1. The van der Waals surface area contributed by atoms with Gasteiger partial charge in [0, 0.05) is 6.54 Å². The second-order valence-corrected chi connectivity index (χ2v) is 3.57. The van der Waals surface area contributed by atoms with Crippen LogP contribution < -0.4 is 11.1 Å². The van der Waals surface area contributed by atoms with Gasteiger partial charge in [-0.1, -0.05) is 6.92 Å². The van der Waals surface area contributed by atoms with E-state index < -0.39 is 11.3 Å². The van der Waals surface area contributed by atoms with Crippen molar-refractivity contribution >= 4 is 11.8 Å². The molecule has 0 aromatic rings. The molecule has 0 aliphatic carbocycles. The second kappa shape index (κ2) is 6.80. The molecule has 0 bridgehead atoms. The number of hydrogen-bond donors (Lipinski definition) is 2. The summed E-state index contributed by atoms with van der Waals surface area (Å²) in [7, 11) is 0. The lowest BCUT2D eigenvalue weighted by molar-refractivity contribution is -0.127. The number of carbonyl (C=O) groups is 2. The van der Waals surface area contributed by atoms with Gasteiger partial charge in [0.1, 0.15) is 12.0 Å². The van der Waals surface area contributed by atoms with Crippen LogP contribution in [0.5, 0.6) is 0 Å². The van der Waals surface area contributed by atoms with E-state index in [9.17, 15) is 9.59 Å². The molecule has 2 amide bonds. The van der Waals surface area contributed by atoms with Gasteiger partial charge >= 0.3 is 0 Å². The predicted molar refractivity (Wildman–Crippen MR) is 57.0 cm³/mol. The quantitative estimate of drug-likeness (QED) is 0.574. The molecular formula is C10H17N3O3. The Morgan fingerprint density at radius 2 is 2.19 bits per heavy atom. The number of hydrogen-bond acceptors (Lipinski definition) is 4. The summed E-state index contributed by atoms with van der Waals surface area (Å²) in [6.07, 6.45) is 0.442. The Kier molecular flexibility index (Phi) is 6.11. The van der Waals surface area contributed by atoms with Crippen LogP contribution >= 0.6 is 0 Å². The average molecular weight is 227 g/mol. The number of carbonyl (C=O) groups excluding carboxylic acids is 2. The van der Waals surface area contributed by atoms with E-state index in [0.717, 1.165) is 0 Å². The number of nitrogens with zero attached hydrogens (tertiary/aromatic N) is 1. The Balaban J connectivity index is 3.82. The van der Waals surface area contributed by atoms with Crippen LogP contribution in [0.1, 0.15) is 20.3 Å². The molecule has 1 atom stereocenters. The van der Waals surface area contributed by atoms with Gasteiger partial charge in [0.25, 0.3) is 0 Å². The van der Waals surface area contributed by atoms with Crippen molar-refractivity contribution in [3.05, 3.63) is 0 Å². The fourth-order valence-electron chi connectivity index (χ4n) is 0.895.